The van der Waals surface area contributed by atoms with Gasteiger partial charge in [0.25, 0.3) is 0 Å². The van der Waals surface area contributed by atoms with Crippen molar-refractivity contribution in [2.75, 3.05) is 21.3 Å². The molecule has 1 aliphatic carbocycles. The first-order valence-electron chi connectivity index (χ1n) is 13.5. The van der Waals surface area contributed by atoms with Crippen LogP contribution in [0, 0.1) is 0 Å². The summed E-state index contributed by atoms with van der Waals surface area (Å²) >= 11 is 3.41. The summed E-state index contributed by atoms with van der Waals surface area (Å²) in [5.74, 6) is -0.0848. The number of carbonyl (C=O) groups is 2. The third-order valence-electron chi connectivity index (χ3n) is 7.74. The number of halogens is 1. The molecule has 3 aromatic rings. The first-order valence-corrected chi connectivity index (χ1v) is 14.3. The molecule has 8 nitrogen and oxygen atoms in total. The van der Waals surface area contributed by atoms with Gasteiger partial charge in [-0.15, -0.1) is 0 Å². The number of phenolic OH excluding ortho intramolecular Hbond substituents is 1. The zero-order valence-electron chi connectivity index (χ0n) is 23.8. The van der Waals surface area contributed by atoms with Crippen LogP contribution in [0.1, 0.15) is 48.3 Å². The zero-order valence-corrected chi connectivity index (χ0v) is 25.4. The van der Waals surface area contributed by atoms with Crippen molar-refractivity contribution in [3.05, 3.63) is 104 Å². The highest BCUT2D eigenvalue weighted by Crippen LogP contribution is 2.48. The maximum Gasteiger partial charge on any atom is 0.337 e. The second-order valence-corrected chi connectivity index (χ2v) is 11.1. The monoisotopic (exact) mass is 633 g/mol. The van der Waals surface area contributed by atoms with Gasteiger partial charge in [0.2, 0.25) is 0 Å². The van der Waals surface area contributed by atoms with E-state index in [9.17, 15) is 14.7 Å². The van der Waals surface area contributed by atoms with E-state index in [-0.39, 0.29) is 36.2 Å². The molecule has 0 saturated carbocycles. The highest BCUT2D eigenvalue weighted by atomic mass is 79.9. The standard InChI is InChI=1S/C33H32BrNO7/c1-18-29(33(38)42-17-19-8-6-5-7-9-19)30(22-12-23(34)32(37)28(16-22)41-4)31-24(35-18)13-21(14-25(31)36)20-10-11-26(39-2)27(15-20)40-3/h5-12,15-16,21,30,35,37H,13-14,17H2,1-4H3/t21-,30+/m1/s1. The molecule has 0 amide bonds. The number of Topliss-reactive ketones (excluding diaryl/α,β-unsaturated/α-hetero) is 1. The summed E-state index contributed by atoms with van der Waals surface area (Å²) in [4.78, 5) is 27.7. The highest BCUT2D eigenvalue weighted by Gasteiger charge is 2.42. The van der Waals surface area contributed by atoms with Crippen molar-refractivity contribution < 1.29 is 33.6 Å². The number of allylic oxidation sites excluding steroid dienone is 3. The fourth-order valence-corrected chi connectivity index (χ4v) is 6.16. The van der Waals surface area contributed by atoms with E-state index >= 15 is 0 Å². The summed E-state index contributed by atoms with van der Waals surface area (Å²) in [6.45, 7) is 1.90. The van der Waals surface area contributed by atoms with Gasteiger partial charge in [0, 0.05) is 29.3 Å². The minimum absolute atomic E-state index is 0.0678. The molecule has 0 bridgehead atoms. The summed E-state index contributed by atoms with van der Waals surface area (Å²) in [7, 11) is 4.62. The lowest BCUT2D eigenvalue weighted by Gasteiger charge is -2.37. The van der Waals surface area contributed by atoms with Crippen molar-refractivity contribution in [2.45, 2.75) is 38.2 Å². The summed E-state index contributed by atoms with van der Waals surface area (Å²) in [5, 5.41) is 13.9. The number of esters is 1. The molecule has 218 valence electrons. The summed E-state index contributed by atoms with van der Waals surface area (Å²) in [6.07, 6.45) is 0.793. The smallest absolute Gasteiger partial charge is 0.337 e. The van der Waals surface area contributed by atoms with Crippen LogP contribution in [-0.2, 0) is 20.9 Å². The van der Waals surface area contributed by atoms with Crippen LogP contribution in [0.15, 0.2) is 87.7 Å². The van der Waals surface area contributed by atoms with Crippen molar-refractivity contribution in [3.63, 3.8) is 0 Å². The van der Waals surface area contributed by atoms with Gasteiger partial charge in [-0.3, -0.25) is 4.79 Å². The van der Waals surface area contributed by atoms with Crippen LogP contribution in [0.4, 0.5) is 0 Å². The highest BCUT2D eigenvalue weighted by molar-refractivity contribution is 9.10. The molecule has 0 radical (unpaired) electrons. The largest absolute Gasteiger partial charge is 0.503 e. The van der Waals surface area contributed by atoms with Gasteiger partial charge in [0.15, 0.2) is 28.8 Å². The molecule has 1 heterocycles. The number of carbonyl (C=O) groups excluding carboxylic acids is 2. The molecule has 2 atom stereocenters. The molecule has 0 spiro atoms. The van der Waals surface area contributed by atoms with Gasteiger partial charge in [-0.05, 0) is 76.1 Å². The van der Waals surface area contributed by atoms with E-state index in [1.54, 1.807) is 26.4 Å². The van der Waals surface area contributed by atoms with Gasteiger partial charge in [-0.1, -0.05) is 36.4 Å². The number of hydrogen-bond donors (Lipinski definition) is 2. The van der Waals surface area contributed by atoms with Crippen LogP contribution in [-0.4, -0.2) is 38.2 Å². The van der Waals surface area contributed by atoms with Crippen LogP contribution < -0.4 is 19.5 Å². The first kappa shape index (κ1) is 29.3. The molecule has 0 fully saturated rings. The predicted molar refractivity (Wildman–Crippen MR) is 161 cm³/mol. The number of ether oxygens (including phenoxy) is 4. The van der Waals surface area contributed by atoms with Gasteiger partial charge in [0.1, 0.15) is 6.61 Å². The number of dihydropyridines is 1. The van der Waals surface area contributed by atoms with Crippen LogP contribution in [0.3, 0.4) is 0 Å². The average molecular weight is 635 g/mol. The summed E-state index contributed by atoms with van der Waals surface area (Å²) < 4.78 is 22.4. The van der Waals surface area contributed by atoms with Crippen molar-refractivity contribution in [1.29, 1.82) is 0 Å². The van der Waals surface area contributed by atoms with Gasteiger partial charge < -0.3 is 29.4 Å². The van der Waals surface area contributed by atoms with Crippen LogP contribution >= 0.6 is 15.9 Å². The predicted octanol–water partition coefficient (Wildman–Crippen LogP) is 6.29. The Morgan fingerprint density at radius 3 is 2.31 bits per heavy atom. The quantitative estimate of drug-likeness (QED) is 0.279. The molecule has 0 saturated heterocycles. The van der Waals surface area contributed by atoms with E-state index in [0.717, 1.165) is 16.8 Å². The maximum atomic E-state index is 14.0. The van der Waals surface area contributed by atoms with Crippen molar-refractivity contribution >= 4 is 27.7 Å². The molecule has 9 heteroatoms. The normalized spacial score (nSPS) is 18.3. The van der Waals surface area contributed by atoms with E-state index < -0.39 is 11.9 Å². The number of rotatable bonds is 8. The van der Waals surface area contributed by atoms with E-state index in [1.165, 1.54) is 7.11 Å². The Morgan fingerprint density at radius 1 is 0.929 bits per heavy atom. The summed E-state index contributed by atoms with van der Waals surface area (Å²) in [6, 6.07) is 18.5. The Kier molecular flexibility index (Phi) is 8.59. The van der Waals surface area contributed by atoms with E-state index in [2.05, 4.69) is 21.2 Å². The molecule has 0 aromatic heterocycles. The molecule has 5 rings (SSSR count). The number of hydrogen-bond acceptors (Lipinski definition) is 8. The lowest BCUT2D eigenvalue weighted by Crippen LogP contribution is -2.36. The SMILES string of the molecule is COc1ccc([C@H]2CC(=O)C3=C(C2)NC(C)=C(C(=O)OCc2ccccc2)[C@@H]3c2cc(Br)c(O)c(OC)c2)cc1OC. The molecule has 1 aliphatic heterocycles. The van der Waals surface area contributed by atoms with Crippen LogP contribution in [0.2, 0.25) is 0 Å². The molecule has 2 aliphatic rings. The lowest BCUT2D eigenvalue weighted by molar-refractivity contribution is -0.140. The minimum Gasteiger partial charge on any atom is -0.503 e. The maximum absolute atomic E-state index is 14.0. The number of ketones is 1. The second-order valence-electron chi connectivity index (χ2n) is 10.2. The first-order chi connectivity index (χ1) is 20.2. The minimum atomic E-state index is -0.728. The van der Waals surface area contributed by atoms with Crippen molar-refractivity contribution in [3.8, 4) is 23.0 Å². The van der Waals surface area contributed by atoms with Crippen molar-refractivity contribution in [2.24, 2.45) is 0 Å². The lowest BCUT2D eigenvalue weighted by atomic mass is 9.71. The van der Waals surface area contributed by atoms with Crippen LogP contribution in [0.25, 0.3) is 0 Å². The van der Waals surface area contributed by atoms with E-state index in [1.807, 2.05) is 55.5 Å². The summed E-state index contributed by atoms with van der Waals surface area (Å²) in [5.41, 5.74) is 4.61. The number of aromatic hydroxyl groups is 1. The van der Waals surface area contributed by atoms with E-state index in [0.29, 0.717) is 44.8 Å². The topological polar surface area (TPSA) is 103 Å². The molecule has 3 aromatic carbocycles. The number of methoxy groups -OCH3 is 3. The Bertz CT molecular complexity index is 1600. The molecular weight excluding hydrogens is 602 g/mol. The number of nitrogens with one attached hydrogen (secondary N) is 1. The third-order valence-corrected chi connectivity index (χ3v) is 8.35. The Balaban J connectivity index is 1.56. The molecule has 2 N–H and O–H groups in total. The third kappa shape index (κ3) is 5.61. The van der Waals surface area contributed by atoms with Gasteiger partial charge in [-0.2, -0.15) is 0 Å². The van der Waals surface area contributed by atoms with Crippen molar-refractivity contribution in [1.82, 2.24) is 5.32 Å². The Hall–Kier alpha value is -4.24. The molecule has 0 unspecified atom stereocenters. The number of phenols is 1. The van der Waals surface area contributed by atoms with Gasteiger partial charge in [-0.25, -0.2) is 4.79 Å². The second kappa shape index (κ2) is 12.3. The Labute approximate surface area is 253 Å². The molecular formula is C33H32BrNO7. The van der Waals surface area contributed by atoms with Gasteiger partial charge >= 0.3 is 5.97 Å². The Morgan fingerprint density at radius 2 is 1.62 bits per heavy atom. The van der Waals surface area contributed by atoms with Crippen LogP contribution in [0.5, 0.6) is 23.0 Å². The zero-order chi connectivity index (χ0) is 30.0. The molecule has 42 heavy (non-hydrogen) atoms. The number of benzene rings is 3. The fourth-order valence-electron chi connectivity index (χ4n) is 5.70. The van der Waals surface area contributed by atoms with Gasteiger partial charge in [0.05, 0.1) is 31.4 Å². The fraction of sp³-hybridized carbons (Fsp3) is 0.273. The average Bonchev–Trinajstić information content (AvgIpc) is 3.00. The van der Waals surface area contributed by atoms with E-state index in [4.69, 9.17) is 18.9 Å².